The molecule has 0 saturated heterocycles. The average molecular weight is 253 g/mol. The van der Waals surface area contributed by atoms with Crippen LogP contribution in [0.2, 0.25) is 0 Å². The zero-order chi connectivity index (χ0) is 13.5. The summed E-state index contributed by atoms with van der Waals surface area (Å²) in [4.78, 5) is 11.0. The van der Waals surface area contributed by atoms with Gasteiger partial charge < -0.3 is 5.73 Å². The third-order valence-electron chi connectivity index (χ3n) is 2.45. The molecule has 0 unspecified atom stereocenters. The molecular weight excluding hydrogens is 245 g/mol. The Morgan fingerprint density at radius 3 is 1.47 bits per heavy atom. The van der Waals surface area contributed by atoms with Crippen LogP contribution in [-0.2, 0) is 10.2 Å². The molecule has 1 rings (SSSR count). The van der Waals surface area contributed by atoms with E-state index in [1.165, 1.54) is 0 Å². The van der Waals surface area contributed by atoms with E-state index in [9.17, 15) is 26.7 Å². The zero-order valence-corrected chi connectivity index (χ0v) is 8.88. The molecule has 2 nitrogen and oxygen atoms in total. The minimum atomic E-state index is -2.27. The van der Waals surface area contributed by atoms with Crippen LogP contribution in [0.15, 0.2) is 0 Å². The van der Waals surface area contributed by atoms with E-state index in [-0.39, 0.29) is 0 Å². The molecule has 1 aromatic carbocycles. The number of rotatable bonds is 2. The second-order valence-corrected chi connectivity index (χ2v) is 3.93. The first-order valence-corrected chi connectivity index (χ1v) is 4.44. The van der Waals surface area contributed by atoms with Crippen molar-refractivity contribution in [2.75, 3.05) is 0 Å². The molecule has 7 heteroatoms. The number of benzene rings is 1. The Bertz CT molecular complexity index is 469. The first-order valence-electron chi connectivity index (χ1n) is 4.44. The minimum absolute atomic E-state index is 0.966. The summed E-state index contributed by atoms with van der Waals surface area (Å²) in [6.45, 7) is 1.93. The van der Waals surface area contributed by atoms with Crippen molar-refractivity contribution in [3.63, 3.8) is 0 Å². The van der Waals surface area contributed by atoms with Gasteiger partial charge in [-0.3, -0.25) is 4.79 Å². The second-order valence-electron chi connectivity index (χ2n) is 3.93. The molecule has 0 bridgehead atoms. The van der Waals surface area contributed by atoms with Crippen LogP contribution in [0.3, 0.4) is 0 Å². The van der Waals surface area contributed by atoms with Crippen molar-refractivity contribution in [1.29, 1.82) is 0 Å². The summed E-state index contributed by atoms with van der Waals surface area (Å²) in [5.41, 5.74) is 1.62. The molecule has 0 atom stereocenters. The van der Waals surface area contributed by atoms with Gasteiger partial charge in [0, 0.05) is 5.56 Å². The minimum Gasteiger partial charge on any atom is -0.369 e. The van der Waals surface area contributed by atoms with E-state index in [0.717, 1.165) is 13.8 Å². The summed E-state index contributed by atoms with van der Waals surface area (Å²) < 4.78 is 65.2. The Balaban J connectivity index is 3.72. The van der Waals surface area contributed by atoms with Gasteiger partial charge in [0.05, 0.1) is 5.41 Å². The lowest BCUT2D eigenvalue weighted by Gasteiger charge is -2.22. The van der Waals surface area contributed by atoms with E-state index >= 15 is 0 Å². The maximum absolute atomic E-state index is 13.3. The van der Waals surface area contributed by atoms with Gasteiger partial charge in [-0.15, -0.1) is 0 Å². The van der Waals surface area contributed by atoms with Crippen LogP contribution in [0.4, 0.5) is 22.0 Å². The highest BCUT2D eigenvalue weighted by molar-refractivity contribution is 5.85. The molecule has 0 fully saturated rings. The van der Waals surface area contributed by atoms with Gasteiger partial charge in [0.25, 0.3) is 0 Å². The third-order valence-corrected chi connectivity index (χ3v) is 2.45. The highest BCUT2D eigenvalue weighted by Crippen LogP contribution is 2.32. The van der Waals surface area contributed by atoms with Gasteiger partial charge in [-0.1, -0.05) is 0 Å². The molecule has 1 aromatic rings. The maximum atomic E-state index is 13.3. The highest BCUT2D eigenvalue weighted by atomic mass is 19.2. The van der Waals surface area contributed by atoms with Gasteiger partial charge in [0.2, 0.25) is 11.7 Å². The summed E-state index contributed by atoms with van der Waals surface area (Å²) in [5, 5.41) is 0. The number of nitrogens with two attached hydrogens (primary N) is 1. The summed E-state index contributed by atoms with van der Waals surface area (Å²) in [6, 6.07) is 0. The SMILES string of the molecule is CC(C)(C(N)=O)c1c(F)c(F)c(F)c(F)c1F. The number of carbonyl (C=O) groups is 1. The van der Waals surface area contributed by atoms with Crippen molar-refractivity contribution >= 4 is 5.91 Å². The predicted octanol–water partition coefficient (Wildman–Crippen LogP) is 2.15. The molecule has 0 aromatic heterocycles. The molecule has 0 aliphatic rings. The van der Waals surface area contributed by atoms with E-state index in [0.29, 0.717) is 0 Å². The molecular formula is C10H8F5NO. The molecule has 17 heavy (non-hydrogen) atoms. The zero-order valence-electron chi connectivity index (χ0n) is 8.88. The normalized spacial score (nSPS) is 11.7. The van der Waals surface area contributed by atoms with Crippen LogP contribution in [0, 0.1) is 29.1 Å². The Morgan fingerprint density at radius 2 is 1.18 bits per heavy atom. The molecule has 0 spiro atoms. The molecule has 0 heterocycles. The van der Waals surface area contributed by atoms with Crippen LogP contribution in [0.5, 0.6) is 0 Å². The van der Waals surface area contributed by atoms with Gasteiger partial charge in [0.15, 0.2) is 23.3 Å². The lowest BCUT2D eigenvalue weighted by Crippen LogP contribution is -2.38. The van der Waals surface area contributed by atoms with E-state index in [1.54, 1.807) is 0 Å². The predicted molar refractivity (Wildman–Crippen MR) is 48.5 cm³/mol. The highest BCUT2D eigenvalue weighted by Gasteiger charge is 2.38. The summed E-state index contributed by atoms with van der Waals surface area (Å²) >= 11 is 0. The Kier molecular flexibility index (Phi) is 3.13. The first kappa shape index (κ1) is 13.4. The van der Waals surface area contributed by atoms with E-state index < -0.39 is 46.0 Å². The lowest BCUT2D eigenvalue weighted by atomic mass is 9.83. The van der Waals surface area contributed by atoms with Crippen molar-refractivity contribution in [2.45, 2.75) is 19.3 Å². The Labute approximate surface area is 93.2 Å². The van der Waals surface area contributed by atoms with Crippen LogP contribution in [0.1, 0.15) is 19.4 Å². The quantitative estimate of drug-likeness (QED) is 0.490. The summed E-state index contributed by atoms with van der Waals surface area (Å²) in [7, 11) is 0. The fourth-order valence-electron chi connectivity index (χ4n) is 1.28. The van der Waals surface area contributed by atoms with Crippen molar-refractivity contribution in [2.24, 2.45) is 5.73 Å². The van der Waals surface area contributed by atoms with Crippen molar-refractivity contribution in [3.05, 3.63) is 34.6 Å². The molecule has 0 aliphatic carbocycles. The molecule has 1 amide bonds. The van der Waals surface area contributed by atoms with Gasteiger partial charge in [-0.05, 0) is 13.8 Å². The number of hydrogen-bond donors (Lipinski definition) is 1. The summed E-state index contributed by atoms with van der Waals surface area (Å²) in [6.07, 6.45) is 0. The Morgan fingerprint density at radius 1 is 0.882 bits per heavy atom. The Hall–Kier alpha value is -1.66. The fraction of sp³-hybridized carbons (Fsp3) is 0.300. The topological polar surface area (TPSA) is 43.1 Å². The molecule has 0 aliphatic heterocycles. The fourth-order valence-corrected chi connectivity index (χ4v) is 1.28. The van der Waals surface area contributed by atoms with Crippen LogP contribution >= 0.6 is 0 Å². The van der Waals surface area contributed by atoms with Gasteiger partial charge >= 0.3 is 0 Å². The van der Waals surface area contributed by atoms with Crippen LogP contribution < -0.4 is 5.73 Å². The number of amides is 1. The number of hydrogen-bond acceptors (Lipinski definition) is 1. The third kappa shape index (κ3) is 1.85. The lowest BCUT2D eigenvalue weighted by molar-refractivity contribution is -0.122. The molecule has 2 N–H and O–H groups in total. The van der Waals surface area contributed by atoms with Crippen molar-refractivity contribution in [1.82, 2.24) is 0 Å². The molecule has 94 valence electrons. The summed E-state index contributed by atoms with van der Waals surface area (Å²) in [5.74, 6) is -11.8. The number of primary amides is 1. The van der Waals surface area contributed by atoms with Crippen molar-refractivity contribution in [3.8, 4) is 0 Å². The standard InChI is InChI=1S/C10H8F5NO/c1-10(2,9(16)17)3-4(11)6(13)8(15)7(14)5(3)12/h1-2H3,(H2,16,17). The smallest absolute Gasteiger partial charge is 0.227 e. The van der Waals surface area contributed by atoms with Crippen LogP contribution in [-0.4, -0.2) is 5.91 Å². The average Bonchev–Trinajstić information content (AvgIpc) is 2.23. The van der Waals surface area contributed by atoms with E-state index in [1.807, 2.05) is 0 Å². The molecule has 0 saturated carbocycles. The van der Waals surface area contributed by atoms with E-state index in [2.05, 4.69) is 0 Å². The monoisotopic (exact) mass is 253 g/mol. The number of halogens is 5. The largest absolute Gasteiger partial charge is 0.369 e. The van der Waals surface area contributed by atoms with Crippen molar-refractivity contribution < 1.29 is 26.7 Å². The maximum Gasteiger partial charge on any atom is 0.227 e. The first-order chi connectivity index (χ1) is 7.62. The van der Waals surface area contributed by atoms with Gasteiger partial charge in [-0.25, -0.2) is 22.0 Å². The molecule has 0 radical (unpaired) electrons. The number of carbonyl (C=O) groups excluding carboxylic acids is 1. The van der Waals surface area contributed by atoms with Gasteiger partial charge in [0.1, 0.15) is 0 Å². The van der Waals surface area contributed by atoms with Gasteiger partial charge in [-0.2, -0.15) is 0 Å². The second kappa shape index (κ2) is 3.97. The van der Waals surface area contributed by atoms with Crippen LogP contribution in [0.25, 0.3) is 0 Å². The van der Waals surface area contributed by atoms with E-state index in [4.69, 9.17) is 5.73 Å².